The van der Waals surface area contributed by atoms with Crippen LogP contribution < -0.4 is 5.73 Å². The molecule has 0 saturated carbocycles. The van der Waals surface area contributed by atoms with E-state index in [1.54, 1.807) is 0 Å². The minimum absolute atomic E-state index is 0.0693. The molecule has 0 unspecified atom stereocenters. The lowest BCUT2D eigenvalue weighted by Gasteiger charge is -2.25. The Kier molecular flexibility index (Phi) is 3.01. The number of rotatable bonds is 1. The van der Waals surface area contributed by atoms with Gasteiger partial charge in [-0.3, -0.25) is 0 Å². The van der Waals surface area contributed by atoms with Crippen molar-refractivity contribution < 1.29 is 0 Å². The number of nitrogens with two attached hydrogens (primary N) is 1. The van der Waals surface area contributed by atoms with E-state index in [-0.39, 0.29) is 5.54 Å². The maximum Gasteiger partial charge on any atom is 0.143 e. The molecule has 1 heterocycles. The maximum atomic E-state index is 6.23. The minimum atomic E-state index is -0.0693. The third-order valence-electron chi connectivity index (χ3n) is 3.76. The number of aryl methyl sites for hydroxylation is 1. The number of imidazole rings is 1. The molecule has 1 aromatic heterocycles. The number of para-hydroxylation sites is 2. The Hall–Kier alpha value is -2.29. The number of anilines is 1. The van der Waals surface area contributed by atoms with Crippen LogP contribution in [0.3, 0.4) is 0 Å². The van der Waals surface area contributed by atoms with E-state index in [1.807, 2.05) is 18.2 Å². The fourth-order valence-electron chi connectivity index (χ4n) is 2.87. The Morgan fingerprint density at radius 3 is 2.38 bits per heavy atom. The molecule has 0 fully saturated rings. The molecule has 0 bridgehead atoms. The van der Waals surface area contributed by atoms with E-state index in [9.17, 15) is 0 Å². The van der Waals surface area contributed by atoms with Crippen LogP contribution >= 0.6 is 0 Å². The summed E-state index contributed by atoms with van der Waals surface area (Å²) in [5, 5.41) is 0. The van der Waals surface area contributed by atoms with Crippen LogP contribution in [0.4, 0.5) is 5.69 Å². The third-order valence-corrected chi connectivity index (χ3v) is 3.76. The largest absolute Gasteiger partial charge is 0.398 e. The highest BCUT2D eigenvalue weighted by Gasteiger charge is 2.24. The van der Waals surface area contributed by atoms with Gasteiger partial charge in [-0.25, -0.2) is 4.98 Å². The highest BCUT2D eigenvalue weighted by atomic mass is 15.1. The van der Waals surface area contributed by atoms with Crippen molar-refractivity contribution in [3.05, 3.63) is 48.0 Å². The van der Waals surface area contributed by atoms with Crippen molar-refractivity contribution in [2.45, 2.75) is 33.2 Å². The molecule has 21 heavy (non-hydrogen) atoms. The predicted octanol–water partition coefficient (Wildman–Crippen LogP) is 4.35. The topological polar surface area (TPSA) is 43.8 Å². The SMILES string of the molecule is Cc1cccc(N)c1-c1nc2ccccc2n1C(C)(C)C. The molecular formula is C18H21N3. The van der Waals surface area contributed by atoms with Crippen molar-refractivity contribution in [2.24, 2.45) is 0 Å². The van der Waals surface area contributed by atoms with Crippen molar-refractivity contribution in [1.29, 1.82) is 0 Å². The summed E-state index contributed by atoms with van der Waals surface area (Å²) in [4.78, 5) is 4.85. The first-order valence-corrected chi connectivity index (χ1v) is 7.23. The number of hydrogen-bond acceptors (Lipinski definition) is 2. The number of aromatic nitrogens is 2. The average molecular weight is 279 g/mol. The maximum absolute atomic E-state index is 6.23. The van der Waals surface area contributed by atoms with E-state index < -0.39 is 0 Å². The second-order valence-corrected chi connectivity index (χ2v) is 6.47. The van der Waals surface area contributed by atoms with Gasteiger partial charge in [-0.05, 0) is 51.5 Å². The van der Waals surface area contributed by atoms with Crippen LogP contribution in [0.1, 0.15) is 26.3 Å². The zero-order chi connectivity index (χ0) is 15.2. The van der Waals surface area contributed by atoms with Crippen molar-refractivity contribution >= 4 is 16.7 Å². The molecule has 0 amide bonds. The predicted molar refractivity (Wildman–Crippen MR) is 89.3 cm³/mol. The van der Waals surface area contributed by atoms with E-state index in [0.717, 1.165) is 33.7 Å². The van der Waals surface area contributed by atoms with Crippen molar-refractivity contribution in [1.82, 2.24) is 9.55 Å². The minimum Gasteiger partial charge on any atom is -0.398 e. The molecule has 3 aromatic rings. The molecule has 2 aromatic carbocycles. The molecule has 0 aliphatic carbocycles. The normalized spacial score (nSPS) is 12.0. The number of nitrogen functional groups attached to an aromatic ring is 1. The van der Waals surface area contributed by atoms with Gasteiger partial charge in [0.2, 0.25) is 0 Å². The molecule has 0 saturated heterocycles. The highest BCUT2D eigenvalue weighted by Crippen LogP contribution is 2.35. The monoisotopic (exact) mass is 279 g/mol. The summed E-state index contributed by atoms with van der Waals surface area (Å²) >= 11 is 0. The van der Waals surface area contributed by atoms with Crippen LogP contribution in [0.15, 0.2) is 42.5 Å². The van der Waals surface area contributed by atoms with Gasteiger partial charge in [-0.15, -0.1) is 0 Å². The molecule has 0 radical (unpaired) electrons. The summed E-state index contributed by atoms with van der Waals surface area (Å²) < 4.78 is 2.28. The third kappa shape index (κ3) is 2.19. The van der Waals surface area contributed by atoms with Crippen molar-refractivity contribution in [2.75, 3.05) is 5.73 Å². The van der Waals surface area contributed by atoms with Crippen LogP contribution in [0, 0.1) is 6.92 Å². The Morgan fingerprint density at radius 1 is 1.00 bits per heavy atom. The first kappa shape index (κ1) is 13.7. The second-order valence-electron chi connectivity index (χ2n) is 6.47. The van der Waals surface area contributed by atoms with Crippen molar-refractivity contribution in [3.8, 4) is 11.4 Å². The van der Waals surface area contributed by atoms with Gasteiger partial charge in [0.1, 0.15) is 5.82 Å². The molecule has 108 valence electrons. The second kappa shape index (κ2) is 4.62. The first-order chi connectivity index (χ1) is 9.89. The van der Waals surface area contributed by atoms with E-state index in [1.165, 1.54) is 0 Å². The fourth-order valence-corrected chi connectivity index (χ4v) is 2.87. The number of hydrogen-bond donors (Lipinski definition) is 1. The molecule has 0 aliphatic rings. The van der Waals surface area contributed by atoms with Gasteiger partial charge >= 0.3 is 0 Å². The van der Waals surface area contributed by atoms with Gasteiger partial charge in [0, 0.05) is 16.8 Å². The van der Waals surface area contributed by atoms with Crippen molar-refractivity contribution in [3.63, 3.8) is 0 Å². The smallest absolute Gasteiger partial charge is 0.143 e. The van der Waals surface area contributed by atoms with Crippen LogP contribution in [0.25, 0.3) is 22.4 Å². The Labute approximate surface area is 125 Å². The lowest BCUT2D eigenvalue weighted by molar-refractivity contribution is 0.413. The summed E-state index contributed by atoms with van der Waals surface area (Å²) in [6.45, 7) is 8.66. The molecule has 2 N–H and O–H groups in total. The Morgan fingerprint density at radius 2 is 1.71 bits per heavy atom. The number of nitrogens with zero attached hydrogens (tertiary/aromatic N) is 2. The van der Waals surface area contributed by atoms with E-state index >= 15 is 0 Å². The van der Waals surface area contributed by atoms with Gasteiger partial charge in [-0.1, -0.05) is 24.3 Å². The molecule has 0 atom stereocenters. The van der Waals surface area contributed by atoms with Gasteiger partial charge in [0.05, 0.1) is 11.0 Å². The van der Waals surface area contributed by atoms with E-state index in [4.69, 9.17) is 10.7 Å². The van der Waals surface area contributed by atoms with E-state index in [0.29, 0.717) is 0 Å². The van der Waals surface area contributed by atoms with Gasteiger partial charge in [0.25, 0.3) is 0 Å². The average Bonchev–Trinajstić information content (AvgIpc) is 2.77. The summed E-state index contributed by atoms with van der Waals surface area (Å²) in [5.41, 5.74) is 11.3. The summed E-state index contributed by atoms with van der Waals surface area (Å²) in [6, 6.07) is 14.2. The molecule has 0 spiro atoms. The summed E-state index contributed by atoms with van der Waals surface area (Å²) in [6.07, 6.45) is 0. The van der Waals surface area contributed by atoms with Crippen LogP contribution in [0.2, 0.25) is 0 Å². The molecular weight excluding hydrogens is 258 g/mol. The standard InChI is InChI=1S/C18H21N3/c1-12-8-7-9-13(19)16(12)17-20-14-10-5-6-11-15(14)21(17)18(2,3)4/h5-11H,19H2,1-4H3. The fraction of sp³-hybridized carbons (Fsp3) is 0.278. The summed E-state index contributed by atoms with van der Waals surface area (Å²) in [5.74, 6) is 0.944. The quantitative estimate of drug-likeness (QED) is 0.673. The number of benzene rings is 2. The van der Waals surface area contributed by atoms with E-state index in [2.05, 4.69) is 56.5 Å². The molecule has 3 heteroatoms. The zero-order valence-electron chi connectivity index (χ0n) is 13.0. The molecule has 3 nitrogen and oxygen atoms in total. The van der Waals surface area contributed by atoms with Crippen LogP contribution in [0.5, 0.6) is 0 Å². The first-order valence-electron chi connectivity index (χ1n) is 7.23. The van der Waals surface area contributed by atoms with Gasteiger partial charge in [-0.2, -0.15) is 0 Å². The van der Waals surface area contributed by atoms with Gasteiger partial charge < -0.3 is 10.3 Å². The lowest BCUT2D eigenvalue weighted by Crippen LogP contribution is -2.23. The summed E-state index contributed by atoms with van der Waals surface area (Å²) in [7, 11) is 0. The molecule has 0 aliphatic heterocycles. The van der Waals surface area contributed by atoms with Crippen LogP contribution in [-0.4, -0.2) is 9.55 Å². The van der Waals surface area contributed by atoms with Crippen LogP contribution in [-0.2, 0) is 5.54 Å². The Balaban J connectivity index is 2.43. The zero-order valence-corrected chi connectivity index (χ0v) is 13.0. The lowest BCUT2D eigenvalue weighted by atomic mass is 10.0. The number of fused-ring (bicyclic) bond motifs is 1. The van der Waals surface area contributed by atoms with Gasteiger partial charge in [0.15, 0.2) is 0 Å². The Bertz CT molecular complexity index is 787. The molecule has 3 rings (SSSR count). The highest BCUT2D eigenvalue weighted by molar-refractivity contribution is 5.85.